The standard InChI is InChI=1S/C18H24N4O2/c1-18(14-7-8-14)16(23)22(17(24)19-18)13-20-9-11-21(12-10-20)15-5-3-2-4-6-15/h2-6,14H,7-13H2,1H3,(H,19,24)/p+1/t18-/m0/s1. The zero-order valence-electron chi connectivity index (χ0n) is 14.1. The SMILES string of the molecule is C[C@@]1(C2CC2)NC(=O)N(C[NH+]2CCN(c3ccccc3)CC2)C1=O. The normalized spacial score (nSPS) is 28.4. The minimum Gasteiger partial charge on any atom is -0.360 e. The van der Waals surface area contributed by atoms with Crippen LogP contribution in [-0.4, -0.2) is 55.2 Å². The number of carbonyl (C=O) groups excluding carboxylic acids is 2. The molecule has 128 valence electrons. The minimum atomic E-state index is -0.664. The molecule has 0 radical (unpaired) electrons. The van der Waals surface area contributed by atoms with Crippen LogP contribution >= 0.6 is 0 Å². The van der Waals surface area contributed by atoms with Gasteiger partial charge in [-0.1, -0.05) is 18.2 Å². The number of imide groups is 1. The van der Waals surface area contributed by atoms with Gasteiger partial charge in [-0.25, -0.2) is 9.69 Å². The van der Waals surface area contributed by atoms with Gasteiger partial charge in [0.2, 0.25) is 0 Å². The predicted molar refractivity (Wildman–Crippen MR) is 90.7 cm³/mol. The Hall–Kier alpha value is -2.08. The number of rotatable bonds is 4. The van der Waals surface area contributed by atoms with Gasteiger partial charge in [0.15, 0.2) is 6.67 Å². The van der Waals surface area contributed by atoms with Gasteiger partial charge < -0.3 is 15.1 Å². The lowest BCUT2D eigenvalue weighted by molar-refractivity contribution is -0.907. The minimum absolute atomic E-state index is 0.0343. The van der Waals surface area contributed by atoms with Crippen molar-refractivity contribution >= 4 is 17.6 Å². The average Bonchev–Trinajstić information content (AvgIpc) is 3.43. The summed E-state index contributed by atoms with van der Waals surface area (Å²) < 4.78 is 0. The topological polar surface area (TPSA) is 57.1 Å². The highest BCUT2D eigenvalue weighted by Gasteiger charge is 2.56. The van der Waals surface area contributed by atoms with Crippen LogP contribution < -0.4 is 15.1 Å². The molecule has 6 heteroatoms. The summed E-state index contributed by atoms with van der Waals surface area (Å²) >= 11 is 0. The van der Waals surface area contributed by atoms with E-state index in [0.717, 1.165) is 39.0 Å². The van der Waals surface area contributed by atoms with Gasteiger partial charge in [-0.3, -0.25) is 4.79 Å². The number of hydrogen-bond donors (Lipinski definition) is 2. The molecule has 0 bridgehead atoms. The Morgan fingerprint density at radius 1 is 1.17 bits per heavy atom. The Morgan fingerprint density at radius 3 is 2.46 bits per heavy atom. The first-order chi connectivity index (χ1) is 11.6. The van der Waals surface area contributed by atoms with Crippen LogP contribution in [0.1, 0.15) is 19.8 Å². The summed E-state index contributed by atoms with van der Waals surface area (Å²) in [5.74, 6) is 0.289. The molecule has 1 aromatic carbocycles. The maximum absolute atomic E-state index is 12.7. The lowest BCUT2D eigenvalue weighted by atomic mass is 9.96. The van der Waals surface area contributed by atoms with Crippen molar-refractivity contribution in [1.29, 1.82) is 0 Å². The Labute approximate surface area is 142 Å². The molecule has 0 unspecified atom stereocenters. The summed E-state index contributed by atoms with van der Waals surface area (Å²) in [6.07, 6.45) is 2.08. The van der Waals surface area contributed by atoms with E-state index in [4.69, 9.17) is 0 Å². The van der Waals surface area contributed by atoms with E-state index in [0.29, 0.717) is 12.6 Å². The van der Waals surface area contributed by atoms with E-state index in [1.165, 1.54) is 15.5 Å². The Kier molecular flexibility index (Phi) is 3.72. The average molecular weight is 329 g/mol. The van der Waals surface area contributed by atoms with Crippen molar-refractivity contribution in [3.63, 3.8) is 0 Å². The van der Waals surface area contributed by atoms with Gasteiger partial charge in [-0.05, 0) is 37.8 Å². The van der Waals surface area contributed by atoms with E-state index < -0.39 is 5.54 Å². The molecule has 1 aliphatic carbocycles. The van der Waals surface area contributed by atoms with E-state index in [1.807, 2.05) is 13.0 Å². The number of nitrogens with one attached hydrogen (secondary N) is 2. The second-order valence-electron chi connectivity index (χ2n) is 7.37. The highest BCUT2D eigenvalue weighted by atomic mass is 16.2. The Balaban J connectivity index is 1.35. The van der Waals surface area contributed by atoms with Gasteiger partial charge >= 0.3 is 6.03 Å². The largest absolute Gasteiger partial charge is 0.360 e. The molecule has 6 nitrogen and oxygen atoms in total. The van der Waals surface area contributed by atoms with Crippen LogP contribution in [0.5, 0.6) is 0 Å². The van der Waals surface area contributed by atoms with Crippen LogP contribution in [0, 0.1) is 5.92 Å². The van der Waals surface area contributed by atoms with Crippen molar-refractivity contribution in [2.45, 2.75) is 25.3 Å². The number of urea groups is 1. The van der Waals surface area contributed by atoms with Crippen LogP contribution in [-0.2, 0) is 4.79 Å². The number of nitrogens with zero attached hydrogens (tertiary/aromatic N) is 2. The van der Waals surface area contributed by atoms with Crippen LogP contribution in [0.25, 0.3) is 0 Å². The number of piperazine rings is 1. The molecule has 3 amide bonds. The highest BCUT2D eigenvalue weighted by Crippen LogP contribution is 2.42. The van der Waals surface area contributed by atoms with Crippen molar-refractivity contribution < 1.29 is 14.5 Å². The number of carbonyl (C=O) groups is 2. The molecule has 4 rings (SSSR count). The Bertz CT molecular complexity index is 638. The number of anilines is 1. The lowest BCUT2D eigenvalue weighted by Gasteiger charge is -2.34. The maximum Gasteiger partial charge on any atom is 0.329 e. The first-order valence-corrected chi connectivity index (χ1v) is 8.85. The molecule has 24 heavy (non-hydrogen) atoms. The molecule has 3 fully saturated rings. The third-order valence-corrected chi connectivity index (χ3v) is 5.67. The number of hydrogen-bond acceptors (Lipinski definition) is 3. The fourth-order valence-electron chi connectivity index (χ4n) is 3.90. The van der Waals surface area contributed by atoms with E-state index >= 15 is 0 Å². The molecule has 0 spiro atoms. The molecular weight excluding hydrogens is 304 g/mol. The first kappa shape index (κ1) is 15.4. The molecular formula is C18H25N4O2+. The maximum atomic E-state index is 12.7. The fourth-order valence-corrected chi connectivity index (χ4v) is 3.90. The molecule has 1 aromatic rings. The van der Waals surface area contributed by atoms with Gasteiger partial charge in [0.1, 0.15) is 5.54 Å². The molecule has 1 atom stereocenters. The molecule has 1 saturated carbocycles. The predicted octanol–water partition coefficient (Wildman–Crippen LogP) is 0.0695. The van der Waals surface area contributed by atoms with E-state index in [1.54, 1.807) is 0 Å². The van der Waals surface area contributed by atoms with E-state index in [-0.39, 0.29) is 11.9 Å². The van der Waals surface area contributed by atoms with Crippen LogP contribution in [0.4, 0.5) is 10.5 Å². The molecule has 2 N–H and O–H groups in total. The number of para-hydroxylation sites is 1. The molecule has 2 heterocycles. The third kappa shape index (κ3) is 2.65. The molecule has 2 aliphatic heterocycles. The summed E-state index contributed by atoms with van der Waals surface area (Å²) in [5, 5.41) is 2.93. The van der Waals surface area contributed by atoms with Crippen molar-refractivity contribution in [3.8, 4) is 0 Å². The number of benzene rings is 1. The van der Waals surface area contributed by atoms with Gasteiger partial charge in [0.05, 0.1) is 26.2 Å². The molecule has 3 aliphatic rings. The van der Waals surface area contributed by atoms with Gasteiger partial charge in [-0.15, -0.1) is 0 Å². The van der Waals surface area contributed by atoms with Crippen molar-refractivity contribution in [2.24, 2.45) is 5.92 Å². The number of quaternary nitrogens is 1. The zero-order valence-corrected chi connectivity index (χ0v) is 14.1. The van der Waals surface area contributed by atoms with Crippen molar-refractivity contribution in [3.05, 3.63) is 30.3 Å². The van der Waals surface area contributed by atoms with E-state index in [9.17, 15) is 9.59 Å². The summed E-state index contributed by atoms with van der Waals surface area (Å²) in [6.45, 7) is 6.13. The highest BCUT2D eigenvalue weighted by molar-refractivity contribution is 6.07. The molecule has 2 saturated heterocycles. The van der Waals surface area contributed by atoms with Gasteiger partial charge in [-0.2, -0.15) is 0 Å². The summed E-state index contributed by atoms with van der Waals surface area (Å²) in [7, 11) is 0. The van der Waals surface area contributed by atoms with Crippen molar-refractivity contribution in [2.75, 3.05) is 37.7 Å². The summed E-state index contributed by atoms with van der Waals surface area (Å²) in [5.41, 5.74) is 0.579. The Morgan fingerprint density at radius 2 is 1.83 bits per heavy atom. The van der Waals surface area contributed by atoms with E-state index in [2.05, 4.69) is 34.5 Å². The van der Waals surface area contributed by atoms with Gasteiger partial charge in [0.25, 0.3) is 5.91 Å². The monoisotopic (exact) mass is 329 g/mol. The number of amides is 3. The fraction of sp³-hybridized carbons (Fsp3) is 0.556. The smallest absolute Gasteiger partial charge is 0.329 e. The van der Waals surface area contributed by atoms with Crippen molar-refractivity contribution in [1.82, 2.24) is 10.2 Å². The van der Waals surface area contributed by atoms with Crippen LogP contribution in [0.15, 0.2) is 30.3 Å². The summed E-state index contributed by atoms with van der Waals surface area (Å²) in [6, 6.07) is 10.2. The van der Waals surface area contributed by atoms with Crippen LogP contribution in [0.3, 0.4) is 0 Å². The quantitative estimate of drug-likeness (QED) is 0.769. The van der Waals surface area contributed by atoms with Gasteiger partial charge in [0, 0.05) is 5.69 Å². The summed E-state index contributed by atoms with van der Waals surface area (Å²) in [4.78, 5) is 30.1. The lowest BCUT2D eigenvalue weighted by Crippen LogP contribution is -3.16. The third-order valence-electron chi connectivity index (χ3n) is 5.67. The first-order valence-electron chi connectivity index (χ1n) is 8.85. The molecule has 0 aromatic heterocycles. The second kappa shape index (κ2) is 5.77. The zero-order chi connectivity index (χ0) is 16.7. The van der Waals surface area contributed by atoms with Crippen LogP contribution in [0.2, 0.25) is 0 Å². The second-order valence-corrected chi connectivity index (χ2v) is 7.37.